The molecule has 0 atom stereocenters. The summed E-state index contributed by atoms with van der Waals surface area (Å²) in [7, 11) is 1.43. The van der Waals surface area contributed by atoms with Crippen LogP contribution < -0.4 is 0 Å². The second-order valence-corrected chi connectivity index (χ2v) is 6.58. The Bertz CT molecular complexity index is 707. The molecule has 0 N–H and O–H groups in total. The summed E-state index contributed by atoms with van der Waals surface area (Å²) >= 11 is 0. The molecule has 3 nitrogen and oxygen atoms in total. The van der Waals surface area contributed by atoms with Gasteiger partial charge in [0.25, 0.3) is 0 Å². The van der Waals surface area contributed by atoms with E-state index in [1.807, 2.05) is 18.2 Å². The van der Waals surface area contributed by atoms with E-state index in [-0.39, 0.29) is 11.5 Å². The predicted molar refractivity (Wildman–Crippen MR) is 91.4 cm³/mol. The lowest BCUT2D eigenvalue weighted by Crippen LogP contribution is -2.46. The van der Waals surface area contributed by atoms with Crippen LogP contribution in [0.15, 0.2) is 48.5 Å². The highest BCUT2D eigenvalue weighted by molar-refractivity contribution is 5.89. The Morgan fingerprint density at radius 1 is 1.17 bits per heavy atom. The average Bonchev–Trinajstić information content (AvgIpc) is 2.57. The fraction of sp³-hybridized carbons (Fsp3) is 0.350. The van der Waals surface area contributed by atoms with E-state index >= 15 is 0 Å². The molecule has 1 aliphatic heterocycles. The van der Waals surface area contributed by atoms with E-state index in [0.29, 0.717) is 5.56 Å². The summed E-state index contributed by atoms with van der Waals surface area (Å²) in [5.74, 6) is -0.274. The zero-order chi connectivity index (χ0) is 16.4. The fourth-order valence-electron chi connectivity index (χ4n) is 3.39. The SMILES string of the molecule is COC(=O)c1ccc2c(c1)C(C)(C)N(Cc1ccccc1)CC2. The van der Waals surface area contributed by atoms with Crippen molar-refractivity contribution in [3.05, 3.63) is 70.8 Å². The standard InChI is InChI=1S/C20H23NO2/c1-20(2)18-13-17(19(22)23-3)10-9-16(18)11-12-21(20)14-15-7-5-4-6-8-15/h4-10,13H,11-12,14H2,1-3H3. The van der Waals surface area contributed by atoms with Crippen LogP contribution in [0.3, 0.4) is 0 Å². The number of nitrogens with zero attached hydrogens (tertiary/aromatic N) is 1. The molecule has 0 fully saturated rings. The molecule has 0 amide bonds. The number of esters is 1. The molecule has 2 aromatic carbocycles. The minimum Gasteiger partial charge on any atom is -0.465 e. The maximum absolute atomic E-state index is 11.8. The zero-order valence-electron chi connectivity index (χ0n) is 14.0. The van der Waals surface area contributed by atoms with Crippen molar-refractivity contribution in [2.45, 2.75) is 32.4 Å². The van der Waals surface area contributed by atoms with Crippen molar-refractivity contribution in [2.75, 3.05) is 13.7 Å². The molecule has 0 aromatic heterocycles. The lowest BCUT2D eigenvalue weighted by atomic mass is 9.82. The van der Waals surface area contributed by atoms with Gasteiger partial charge in [-0.1, -0.05) is 36.4 Å². The van der Waals surface area contributed by atoms with Gasteiger partial charge in [-0.2, -0.15) is 0 Å². The molecule has 0 radical (unpaired) electrons. The first-order valence-electron chi connectivity index (χ1n) is 8.03. The normalized spacial score (nSPS) is 16.7. The monoisotopic (exact) mass is 309 g/mol. The Balaban J connectivity index is 1.93. The summed E-state index contributed by atoms with van der Waals surface area (Å²) in [4.78, 5) is 14.3. The number of methoxy groups -OCH3 is 1. The van der Waals surface area contributed by atoms with E-state index < -0.39 is 0 Å². The van der Waals surface area contributed by atoms with Gasteiger partial charge in [-0.25, -0.2) is 4.79 Å². The van der Waals surface area contributed by atoms with E-state index in [1.165, 1.54) is 23.8 Å². The predicted octanol–water partition coefficient (Wildman–Crippen LogP) is 3.77. The summed E-state index contributed by atoms with van der Waals surface area (Å²) in [6, 6.07) is 16.5. The van der Waals surface area contributed by atoms with Crippen molar-refractivity contribution in [1.82, 2.24) is 4.90 Å². The molecule has 3 rings (SSSR count). The first-order chi connectivity index (χ1) is 11.0. The van der Waals surface area contributed by atoms with E-state index in [0.717, 1.165) is 19.5 Å². The third kappa shape index (κ3) is 3.02. The highest BCUT2D eigenvalue weighted by atomic mass is 16.5. The summed E-state index contributed by atoms with van der Waals surface area (Å²) in [5.41, 5.74) is 4.37. The Morgan fingerprint density at radius 3 is 2.61 bits per heavy atom. The number of carbonyl (C=O) groups excluding carboxylic acids is 1. The molecule has 0 spiro atoms. The van der Waals surface area contributed by atoms with Crippen LogP contribution in [0.2, 0.25) is 0 Å². The molecule has 1 heterocycles. The minimum absolute atomic E-state index is 0.118. The molecule has 0 saturated heterocycles. The Morgan fingerprint density at radius 2 is 1.91 bits per heavy atom. The quantitative estimate of drug-likeness (QED) is 0.808. The zero-order valence-corrected chi connectivity index (χ0v) is 14.0. The highest BCUT2D eigenvalue weighted by Gasteiger charge is 2.34. The average molecular weight is 309 g/mol. The van der Waals surface area contributed by atoms with Gasteiger partial charge in [-0.3, -0.25) is 4.90 Å². The largest absolute Gasteiger partial charge is 0.465 e. The van der Waals surface area contributed by atoms with Crippen molar-refractivity contribution >= 4 is 5.97 Å². The third-order valence-corrected chi connectivity index (χ3v) is 4.85. The van der Waals surface area contributed by atoms with Gasteiger partial charge in [0.2, 0.25) is 0 Å². The molecule has 1 aliphatic rings. The van der Waals surface area contributed by atoms with E-state index in [4.69, 9.17) is 4.74 Å². The molecule has 0 bridgehead atoms. The maximum Gasteiger partial charge on any atom is 0.337 e. The first kappa shape index (κ1) is 15.8. The van der Waals surface area contributed by atoms with Gasteiger partial charge in [0.1, 0.15) is 0 Å². The van der Waals surface area contributed by atoms with Gasteiger partial charge in [0.15, 0.2) is 0 Å². The van der Waals surface area contributed by atoms with Gasteiger partial charge in [0.05, 0.1) is 12.7 Å². The number of benzene rings is 2. The van der Waals surface area contributed by atoms with Gasteiger partial charge in [-0.15, -0.1) is 0 Å². The van der Waals surface area contributed by atoms with Crippen LogP contribution in [-0.4, -0.2) is 24.5 Å². The summed E-state index contributed by atoms with van der Waals surface area (Å²) in [6.07, 6.45) is 1.01. The first-order valence-corrected chi connectivity index (χ1v) is 8.03. The number of fused-ring (bicyclic) bond motifs is 1. The number of rotatable bonds is 3. The molecule has 120 valence electrons. The van der Waals surface area contributed by atoms with Crippen LogP contribution in [0.25, 0.3) is 0 Å². The van der Waals surface area contributed by atoms with Gasteiger partial charge < -0.3 is 4.74 Å². The molecular weight excluding hydrogens is 286 g/mol. The van der Waals surface area contributed by atoms with Gasteiger partial charge in [-0.05, 0) is 49.1 Å². The summed E-state index contributed by atoms with van der Waals surface area (Å²) in [5, 5.41) is 0. The molecule has 0 unspecified atom stereocenters. The Kier molecular flexibility index (Phi) is 4.22. The van der Waals surface area contributed by atoms with Crippen molar-refractivity contribution in [3.63, 3.8) is 0 Å². The van der Waals surface area contributed by atoms with Crippen molar-refractivity contribution in [3.8, 4) is 0 Å². The molecule has 0 saturated carbocycles. The molecule has 23 heavy (non-hydrogen) atoms. The number of hydrogen-bond acceptors (Lipinski definition) is 3. The van der Waals surface area contributed by atoms with E-state index in [2.05, 4.69) is 49.1 Å². The summed E-state index contributed by atoms with van der Waals surface area (Å²) < 4.78 is 4.87. The number of carbonyl (C=O) groups is 1. The van der Waals surface area contributed by atoms with Crippen LogP contribution in [0.1, 0.15) is 40.9 Å². The lowest BCUT2D eigenvalue weighted by Gasteiger charge is -2.44. The van der Waals surface area contributed by atoms with Gasteiger partial charge in [0, 0.05) is 18.6 Å². The van der Waals surface area contributed by atoms with Crippen LogP contribution in [0.4, 0.5) is 0 Å². The topological polar surface area (TPSA) is 29.5 Å². The van der Waals surface area contributed by atoms with Crippen LogP contribution in [0, 0.1) is 0 Å². The van der Waals surface area contributed by atoms with Crippen molar-refractivity contribution < 1.29 is 9.53 Å². The fourth-order valence-corrected chi connectivity index (χ4v) is 3.39. The van der Waals surface area contributed by atoms with Crippen LogP contribution in [0.5, 0.6) is 0 Å². The Hall–Kier alpha value is -2.13. The van der Waals surface area contributed by atoms with Crippen LogP contribution in [-0.2, 0) is 23.2 Å². The minimum atomic E-state index is -0.274. The van der Waals surface area contributed by atoms with Crippen molar-refractivity contribution in [2.24, 2.45) is 0 Å². The number of hydrogen-bond donors (Lipinski definition) is 0. The maximum atomic E-state index is 11.8. The molecule has 3 heteroatoms. The molecule has 2 aromatic rings. The van der Waals surface area contributed by atoms with Crippen molar-refractivity contribution in [1.29, 1.82) is 0 Å². The second kappa shape index (κ2) is 6.17. The Labute approximate surface area is 137 Å². The molecular formula is C20H23NO2. The lowest BCUT2D eigenvalue weighted by molar-refractivity contribution is 0.0599. The molecule has 0 aliphatic carbocycles. The number of ether oxygens (including phenoxy) is 1. The smallest absolute Gasteiger partial charge is 0.337 e. The van der Waals surface area contributed by atoms with Gasteiger partial charge >= 0.3 is 5.97 Å². The van der Waals surface area contributed by atoms with Crippen LogP contribution >= 0.6 is 0 Å². The highest BCUT2D eigenvalue weighted by Crippen LogP contribution is 2.36. The second-order valence-electron chi connectivity index (χ2n) is 6.58. The third-order valence-electron chi connectivity index (χ3n) is 4.85. The van der Waals surface area contributed by atoms with E-state index in [1.54, 1.807) is 0 Å². The van der Waals surface area contributed by atoms with E-state index in [9.17, 15) is 4.79 Å². The summed E-state index contributed by atoms with van der Waals surface area (Å²) in [6.45, 7) is 6.40.